The van der Waals surface area contributed by atoms with E-state index in [1.54, 1.807) is 30.3 Å². The highest BCUT2D eigenvalue weighted by Gasteiger charge is 2.20. The van der Waals surface area contributed by atoms with Gasteiger partial charge in [-0.2, -0.15) is 0 Å². The molecule has 1 N–H and O–H groups in total. The Balaban J connectivity index is 1.83. The third kappa shape index (κ3) is 4.40. The summed E-state index contributed by atoms with van der Waals surface area (Å²) in [5.74, 6) is -0.357. The van der Waals surface area contributed by atoms with Crippen LogP contribution in [0.5, 0.6) is 0 Å². The number of nitrogens with one attached hydrogen (secondary N) is 1. The highest BCUT2D eigenvalue weighted by atomic mass is 16.5. The van der Waals surface area contributed by atoms with E-state index in [1.165, 1.54) is 7.11 Å². The molecule has 8 heteroatoms. The maximum absolute atomic E-state index is 12.7. The van der Waals surface area contributed by atoms with Crippen molar-refractivity contribution in [3.05, 3.63) is 47.3 Å². The van der Waals surface area contributed by atoms with Crippen LogP contribution in [-0.4, -0.2) is 67.1 Å². The monoisotopic (exact) mass is 369 g/mol. The van der Waals surface area contributed by atoms with Crippen LogP contribution in [0, 0.1) is 6.92 Å². The number of carbonyl (C=O) groups is 2. The average molecular weight is 369 g/mol. The van der Waals surface area contributed by atoms with Crippen molar-refractivity contribution in [3.8, 4) is 0 Å². The van der Waals surface area contributed by atoms with Crippen LogP contribution in [-0.2, 0) is 4.74 Å². The lowest BCUT2D eigenvalue weighted by atomic mass is 10.1. The SMILES string of the molecule is COC(=O)c1ccccc1NC(=O)c1cc(C)nc(N2CCN(C)CC2)n1. The number of aryl methyl sites for hydroxylation is 1. The van der Waals surface area contributed by atoms with Crippen molar-refractivity contribution in [2.75, 3.05) is 50.6 Å². The van der Waals surface area contributed by atoms with Crippen molar-refractivity contribution in [2.24, 2.45) is 0 Å². The Morgan fingerprint density at radius 2 is 1.81 bits per heavy atom. The minimum Gasteiger partial charge on any atom is -0.465 e. The molecule has 2 heterocycles. The van der Waals surface area contributed by atoms with Crippen LogP contribution in [0.25, 0.3) is 0 Å². The van der Waals surface area contributed by atoms with Crippen LogP contribution in [0.3, 0.4) is 0 Å². The predicted molar refractivity (Wildman–Crippen MR) is 102 cm³/mol. The van der Waals surface area contributed by atoms with Gasteiger partial charge in [-0.3, -0.25) is 4.79 Å². The molecule has 0 radical (unpaired) electrons. The number of para-hydroxylation sites is 1. The van der Waals surface area contributed by atoms with Crippen molar-refractivity contribution in [3.63, 3.8) is 0 Å². The summed E-state index contributed by atoms with van der Waals surface area (Å²) in [7, 11) is 3.38. The molecule has 0 atom stereocenters. The predicted octanol–water partition coefficient (Wildman–Crippen LogP) is 1.58. The minimum atomic E-state index is -0.511. The smallest absolute Gasteiger partial charge is 0.339 e. The molecule has 0 unspecified atom stereocenters. The fourth-order valence-electron chi connectivity index (χ4n) is 2.88. The van der Waals surface area contributed by atoms with Crippen LogP contribution >= 0.6 is 0 Å². The summed E-state index contributed by atoms with van der Waals surface area (Å²) >= 11 is 0. The molecular formula is C19H23N5O3. The Morgan fingerprint density at radius 3 is 2.52 bits per heavy atom. The normalized spacial score (nSPS) is 14.7. The summed E-state index contributed by atoms with van der Waals surface area (Å²) in [5.41, 5.74) is 1.65. The van der Waals surface area contributed by atoms with Gasteiger partial charge in [0.1, 0.15) is 5.69 Å². The summed E-state index contributed by atoms with van der Waals surface area (Å²) in [6, 6.07) is 8.34. The molecule has 0 bridgehead atoms. The van der Waals surface area contributed by atoms with Crippen LogP contribution in [0.4, 0.5) is 11.6 Å². The topological polar surface area (TPSA) is 87.7 Å². The second-order valence-corrected chi connectivity index (χ2v) is 6.48. The number of amides is 1. The number of rotatable bonds is 4. The van der Waals surface area contributed by atoms with Crippen LogP contribution in [0.1, 0.15) is 26.5 Å². The summed E-state index contributed by atoms with van der Waals surface area (Å²) in [6.45, 7) is 5.30. The number of esters is 1. The molecule has 1 aromatic heterocycles. The fourth-order valence-corrected chi connectivity index (χ4v) is 2.88. The molecule has 8 nitrogen and oxygen atoms in total. The first kappa shape index (κ1) is 18.8. The first-order valence-corrected chi connectivity index (χ1v) is 8.76. The van der Waals surface area contributed by atoms with E-state index in [0.717, 1.165) is 26.2 Å². The van der Waals surface area contributed by atoms with Gasteiger partial charge in [0, 0.05) is 31.9 Å². The van der Waals surface area contributed by atoms with Crippen LogP contribution in [0.15, 0.2) is 30.3 Å². The average Bonchev–Trinajstić information content (AvgIpc) is 2.68. The highest BCUT2D eigenvalue weighted by molar-refractivity contribution is 6.07. The molecule has 3 rings (SSSR count). The number of carbonyl (C=O) groups excluding carboxylic acids is 2. The van der Waals surface area contributed by atoms with Gasteiger partial charge in [0.25, 0.3) is 5.91 Å². The molecule has 0 aliphatic carbocycles. The zero-order valence-electron chi connectivity index (χ0n) is 15.7. The highest BCUT2D eigenvalue weighted by Crippen LogP contribution is 2.18. The van der Waals surface area contributed by atoms with E-state index >= 15 is 0 Å². The molecule has 1 fully saturated rings. The lowest BCUT2D eigenvalue weighted by Gasteiger charge is -2.32. The van der Waals surface area contributed by atoms with E-state index in [2.05, 4.69) is 32.1 Å². The summed E-state index contributed by atoms with van der Waals surface area (Å²) in [6.07, 6.45) is 0. The van der Waals surface area contributed by atoms with Gasteiger partial charge in [0.2, 0.25) is 5.95 Å². The first-order chi connectivity index (χ1) is 13.0. The number of piperazine rings is 1. The standard InChI is InChI=1S/C19H23N5O3/c1-13-12-16(22-19(20-13)24-10-8-23(2)9-11-24)17(25)21-15-7-5-4-6-14(15)18(26)27-3/h4-7,12H,8-11H2,1-3H3,(H,21,25). The number of ether oxygens (including phenoxy) is 1. The molecule has 1 amide bonds. The number of hydrogen-bond acceptors (Lipinski definition) is 7. The summed E-state index contributed by atoms with van der Waals surface area (Å²) in [4.78, 5) is 37.8. The van der Waals surface area contributed by atoms with E-state index in [4.69, 9.17) is 4.74 Å². The molecule has 0 saturated carbocycles. The van der Waals surface area contributed by atoms with E-state index in [1.807, 2.05) is 6.92 Å². The maximum atomic E-state index is 12.7. The molecule has 27 heavy (non-hydrogen) atoms. The number of aromatic nitrogens is 2. The molecule has 1 saturated heterocycles. The van der Waals surface area contributed by atoms with Crippen LogP contribution in [0.2, 0.25) is 0 Å². The number of nitrogens with zero attached hydrogens (tertiary/aromatic N) is 4. The number of benzene rings is 1. The largest absolute Gasteiger partial charge is 0.465 e. The van der Waals surface area contributed by atoms with Crippen molar-refractivity contribution >= 4 is 23.5 Å². The minimum absolute atomic E-state index is 0.260. The van der Waals surface area contributed by atoms with Gasteiger partial charge in [-0.15, -0.1) is 0 Å². The Labute approximate surface area is 158 Å². The second-order valence-electron chi connectivity index (χ2n) is 6.48. The molecule has 0 spiro atoms. The van der Waals surface area contributed by atoms with Gasteiger partial charge < -0.3 is 19.9 Å². The van der Waals surface area contributed by atoms with Crippen molar-refractivity contribution < 1.29 is 14.3 Å². The van der Waals surface area contributed by atoms with Gasteiger partial charge >= 0.3 is 5.97 Å². The van der Waals surface area contributed by atoms with E-state index in [0.29, 0.717) is 22.9 Å². The molecule has 142 valence electrons. The van der Waals surface area contributed by atoms with Gasteiger partial charge in [-0.25, -0.2) is 14.8 Å². The van der Waals surface area contributed by atoms with Crippen molar-refractivity contribution in [1.82, 2.24) is 14.9 Å². The Kier molecular flexibility index (Phi) is 5.66. The van der Waals surface area contributed by atoms with Gasteiger partial charge in [-0.05, 0) is 32.2 Å². The number of methoxy groups -OCH3 is 1. The number of likely N-dealkylation sites (N-methyl/N-ethyl adjacent to an activating group) is 1. The Morgan fingerprint density at radius 1 is 1.11 bits per heavy atom. The molecule has 1 aliphatic heterocycles. The molecular weight excluding hydrogens is 346 g/mol. The van der Waals surface area contributed by atoms with Crippen LogP contribution < -0.4 is 10.2 Å². The lowest BCUT2D eigenvalue weighted by molar-refractivity contribution is 0.0602. The molecule has 1 aromatic carbocycles. The molecule has 1 aliphatic rings. The Hall–Kier alpha value is -3.00. The second kappa shape index (κ2) is 8.13. The van der Waals surface area contributed by atoms with E-state index in [-0.39, 0.29) is 5.69 Å². The third-order valence-corrected chi connectivity index (χ3v) is 4.44. The summed E-state index contributed by atoms with van der Waals surface area (Å²) < 4.78 is 4.76. The van der Waals surface area contributed by atoms with E-state index < -0.39 is 11.9 Å². The lowest BCUT2D eigenvalue weighted by Crippen LogP contribution is -2.45. The number of anilines is 2. The van der Waals surface area contributed by atoms with Gasteiger partial charge in [0.15, 0.2) is 0 Å². The zero-order valence-corrected chi connectivity index (χ0v) is 15.7. The van der Waals surface area contributed by atoms with Gasteiger partial charge in [0.05, 0.1) is 18.4 Å². The van der Waals surface area contributed by atoms with E-state index in [9.17, 15) is 9.59 Å². The van der Waals surface area contributed by atoms with Crippen molar-refractivity contribution in [2.45, 2.75) is 6.92 Å². The first-order valence-electron chi connectivity index (χ1n) is 8.76. The number of hydrogen-bond donors (Lipinski definition) is 1. The van der Waals surface area contributed by atoms with Gasteiger partial charge in [-0.1, -0.05) is 12.1 Å². The maximum Gasteiger partial charge on any atom is 0.339 e. The molecule has 2 aromatic rings. The zero-order chi connectivity index (χ0) is 19.4. The quantitative estimate of drug-likeness (QED) is 0.819. The van der Waals surface area contributed by atoms with Crippen molar-refractivity contribution in [1.29, 1.82) is 0 Å². The Bertz CT molecular complexity index is 847. The third-order valence-electron chi connectivity index (χ3n) is 4.44. The summed E-state index contributed by atoms with van der Waals surface area (Å²) in [5, 5.41) is 2.75. The fraction of sp³-hybridized carbons (Fsp3) is 0.368.